The topological polar surface area (TPSA) is 109 Å². The second kappa shape index (κ2) is 7.96. The normalized spacial score (nSPS) is 13.9. The number of pyridine rings is 1. The lowest BCUT2D eigenvalue weighted by molar-refractivity contribution is 0.0302. The molecule has 0 aliphatic carbocycles. The van der Waals surface area contributed by atoms with Crippen LogP contribution in [0.2, 0.25) is 0 Å². The first-order chi connectivity index (χ1) is 13.0. The fraction of sp³-hybridized carbons (Fsp3) is 0.263. The molecule has 1 aromatic heterocycles. The molecule has 0 spiro atoms. The van der Waals surface area contributed by atoms with Crippen molar-refractivity contribution >= 4 is 23.5 Å². The van der Waals surface area contributed by atoms with Crippen LogP contribution in [0.4, 0.5) is 5.69 Å². The number of carboxylic acid groups (broad SMARTS) is 1. The van der Waals surface area contributed by atoms with Crippen molar-refractivity contribution in [2.75, 3.05) is 31.6 Å². The maximum absolute atomic E-state index is 12.7. The molecular weight excluding hydrogens is 350 g/mol. The molecule has 2 heterocycles. The fourth-order valence-corrected chi connectivity index (χ4v) is 2.81. The van der Waals surface area contributed by atoms with Crippen LogP contribution in [0.25, 0.3) is 0 Å². The van der Waals surface area contributed by atoms with Gasteiger partial charge in [-0.05, 0) is 36.8 Å². The predicted molar refractivity (Wildman–Crippen MR) is 97.1 cm³/mol. The molecular formula is C19H19N3O5. The van der Waals surface area contributed by atoms with Gasteiger partial charge in [0.1, 0.15) is 11.4 Å². The van der Waals surface area contributed by atoms with Gasteiger partial charge in [-0.25, -0.2) is 9.78 Å². The first-order valence-electron chi connectivity index (χ1n) is 8.45. The van der Waals surface area contributed by atoms with Crippen molar-refractivity contribution < 1.29 is 24.2 Å². The number of hydrogen-bond acceptors (Lipinski definition) is 5. The number of morpholine rings is 1. The van der Waals surface area contributed by atoms with Crippen LogP contribution in [0.1, 0.15) is 36.9 Å². The molecule has 1 aromatic carbocycles. The molecule has 2 aromatic rings. The maximum Gasteiger partial charge on any atom is 0.354 e. The molecule has 27 heavy (non-hydrogen) atoms. The molecule has 0 saturated carbocycles. The summed E-state index contributed by atoms with van der Waals surface area (Å²) in [5.74, 6) is -1.87. The minimum absolute atomic E-state index is 0.0146. The predicted octanol–water partition coefficient (Wildman–Crippen LogP) is 1.81. The van der Waals surface area contributed by atoms with E-state index in [1.54, 1.807) is 30.0 Å². The van der Waals surface area contributed by atoms with E-state index in [1.807, 2.05) is 0 Å². The number of carbonyl (C=O) groups excluding carboxylic acids is 2. The van der Waals surface area contributed by atoms with E-state index >= 15 is 0 Å². The van der Waals surface area contributed by atoms with E-state index in [4.69, 9.17) is 9.84 Å². The van der Waals surface area contributed by atoms with Crippen LogP contribution in [0.5, 0.6) is 0 Å². The average molecular weight is 369 g/mol. The lowest BCUT2D eigenvalue weighted by Gasteiger charge is -2.27. The van der Waals surface area contributed by atoms with Crippen LogP contribution >= 0.6 is 0 Å². The van der Waals surface area contributed by atoms with Crippen LogP contribution in [0.15, 0.2) is 36.4 Å². The van der Waals surface area contributed by atoms with Gasteiger partial charge in [0.15, 0.2) is 0 Å². The summed E-state index contributed by atoms with van der Waals surface area (Å²) in [6.45, 7) is 3.82. The summed E-state index contributed by atoms with van der Waals surface area (Å²) in [6, 6.07) is 9.29. The molecule has 3 rings (SSSR count). The summed E-state index contributed by atoms with van der Waals surface area (Å²) in [5, 5.41) is 11.7. The third-order valence-corrected chi connectivity index (χ3v) is 4.31. The Bertz CT molecular complexity index is 891. The minimum Gasteiger partial charge on any atom is -0.477 e. The summed E-state index contributed by atoms with van der Waals surface area (Å²) in [6.07, 6.45) is 0. The molecule has 1 saturated heterocycles. The molecule has 140 valence electrons. The van der Waals surface area contributed by atoms with Gasteiger partial charge < -0.3 is 20.1 Å². The standard InChI is InChI=1S/C19H19N3O5/c1-12-13(18(24)22-8-10-27-11-9-22)4-2-5-14(12)21-17(23)15-6-3-7-16(20-15)19(25)26/h2-7H,8-11H2,1H3,(H,21,23)(H,25,26). The number of carbonyl (C=O) groups is 3. The summed E-state index contributed by atoms with van der Waals surface area (Å²) < 4.78 is 5.27. The van der Waals surface area contributed by atoms with Crippen molar-refractivity contribution in [1.82, 2.24) is 9.88 Å². The second-order valence-corrected chi connectivity index (χ2v) is 6.05. The lowest BCUT2D eigenvalue weighted by atomic mass is 10.0. The molecule has 1 aliphatic heterocycles. The van der Waals surface area contributed by atoms with Gasteiger partial charge in [-0.1, -0.05) is 12.1 Å². The SMILES string of the molecule is Cc1c(NC(=O)c2cccc(C(=O)O)n2)cccc1C(=O)N1CCOCC1. The van der Waals surface area contributed by atoms with Gasteiger partial charge in [0.05, 0.1) is 13.2 Å². The highest BCUT2D eigenvalue weighted by Gasteiger charge is 2.21. The summed E-state index contributed by atoms with van der Waals surface area (Å²) in [5.41, 5.74) is 1.38. The van der Waals surface area contributed by atoms with Gasteiger partial charge in [0.25, 0.3) is 11.8 Å². The Morgan fingerprint density at radius 1 is 1.07 bits per heavy atom. The zero-order valence-electron chi connectivity index (χ0n) is 14.8. The highest BCUT2D eigenvalue weighted by Crippen LogP contribution is 2.21. The summed E-state index contributed by atoms with van der Waals surface area (Å²) in [4.78, 5) is 41.7. The average Bonchev–Trinajstić information content (AvgIpc) is 2.69. The summed E-state index contributed by atoms with van der Waals surface area (Å²) >= 11 is 0. The number of hydrogen-bond donors (Lipinski definition) is 2. The number of aromatic carboxylic acids is 1. The molecule has 0 bridgehead atoms. The van der Waals surface area contributed by atoms with E-state index in [2.05, 4.69) is 10.3 Å². The number of carboxylic acids is 1. The van der Waals surface area contributed by atoms with Crippen LogP contribution in [0.3, 0.4) is 0 Å². The third kappa shape index (κ3) is 4.12. The number of anilines is 1. The largest absolute Gasteiger partial charge is 0.477 e. The van der Waals surface area contributed by atoms with E-state index < -0.39 is 11.9 Å². The number of nitrogens with one attached hydrogen (secondary N) is 1. The Kier molecular flexibility index (Phi) is 5.46. The fourth-order valence-electron chi connectivity index (χ4n) is 2.81. The molecule has 0 radical (unpaired) electrons. The zero-order valence-corrected chi connectivity index (χ0v) is 14.8. The van der Waals surface area contributed by atoms with Crippen molar-refractivity contribution in [3.05, 3.63) is 58.9 Å². The smallest absolute Gasteiger partial charge is 0.354 e. The van der Waals surface area contributed by atoms with Crippen molar-refractivity contribution in [3.8, 4) is 0 Å². The van der Waals surface area contributed by atoms with Gasteiger partial charge >= 0.3 is 5.97 Å². The minimum atomic E-state index is -1.21. The monoisotopic (exact) mass is 369 g/mol. The molecule has 2 N–H and O–H groups in total. The van der Waals surface area contributed by atoms with E-state index in [9.17, 15) is 14.4 Å². The van der Waals surface area contributed by atoms with Gasteiger partial charge in [0.2, 0.25) is 0 Å². The van der Waals surface area contributed by atoms with Crippen LogP contribution in [-0.4, -0.2) is 59.1 Å². The van der Waals surface area contributed by atoms with E-state index in [0.29, 0.717) is 43.1 Å². The Morgan fingerprint density at radius 2 is 1.74 bits per heavy atom. The molecule has 2 amide bonds. The van der Waals surface area contributed by atoms with E-state index in [0.717, 1.165) is 0 Å². The van der Waals surface area contributed by atoms with E-state index in [1.165, 1.54) is 18.2 Å². The maximum atomic E-state index is 12.7. The molecule has 0 unspecified atom stereocenters. The van der Waals surface area contributed by atoms with Crippen molar-refractivity contribution in [1.29, 1.82) is 0 Å². The van der Waals surface area contributed by atoms with E-state index in [-0.39, 0.29) is 17.3 Å². The van der Waals surface area contributed by atoms with Crippen LogP contribution in [0, 0.1) is 6.92 Å². The molecule has 8 nitrogen and oxygen atoms in total. The Morgan fingerprint density at radius 3 is 2.44 bits per heavy atom. The number of amides is 2. The van der Waals surface area contributed by atoms with Crippen LogP contribution in [-0.2, 0) is 4.74 Å². The number of benzene rings is 1. The highest BCUT2D eigenvalue weighted by molar-refractivity contribution is 6.05. The number of nitrogens with zero attached hydrogens (tertiary/aromatic N) is 2. The quantitative estimate of drug-likeness (QED) is 0.851. The molecule has 1 aliphatic rings. The van der Waals surface area contributed by atoms with Crippen molar-refractivity contribution in [2.24, 2.45) is 0 Å². The van der Waals surface area contributed by atoms with Gasteiger partial charge in [0, 0.05) is 24.3 Å². The van der Waals surface area contributed by atoms with Gasteiger partial charge in [-0.15, -0.1) is 0 Å². The second-order valence-electron chi connectivity index (χ2n) is 6.05. The lowest BCUT2D eigenvalue weighted by Crippen LogP contribution is -2.41. The van der Waals surface area contributed by atoms with Crippen molar-refractivity contribution in [3.63, 3.8) is 0 Å². The van der Waals surface area contributed by atoms with Gasteiger partial charge in [-0.3, -0.25) is 9.59 Å². The first kappa shape index (κ1) is 18.5. The summed E-state index contributed by atoms with van der Waals surface area (Å²) in [7, 11) is 0. The van der Waals surface area contributed by atoms with Crippen LogP contribution < -0.4 is 5.32 Å². The zero-order chi connectivity index (χ0) is 19.4. The highest BCUT2D eigenvalue weighted by atomic mass is 16.5. The number of aromatic nitrogens is 1. The van der Waals surface area contributed by atoms with Crippen molar-refractivity contribution in [2.45, 2.75) is 6.92 Å². The first-order valence-corrected chi connectivity index (χ1v) is 8.45. The Hall–Kier alpha value is -3.26. The number of rotatable bonds is 4. The third-order valence-electron chi connectivity index (χ3n) is 4.31. The Balaban J connectivity index is 1.81. The molecule has 0 atom stereocenters. The Labute approximate surface area is 155 Å². The molecule has 8 heteroatoms. The van der Waals surface area contributed by atoms with Gasteiger partial charge in [-0.2, -0.15) is 0 Å². The molecule has 1 fully saturated rings. The number of ether oxygens (including phenoxy) is 1.